The Labute approximate surface area is 110 Å². The van der Waals surface area contributed by atoms with Crippen molar-refractivity contribution in [3.05, 3.63) is 0 Å². The first-order valence-corrected chi connectivity index (χ1v) is 6.65. The van der Waals surface area contributed by atoms with Crippen molar-refractivity contribution in [3.8, 4) is 0 Å². The Balaban J connectivity index is 4.39. The molecule has 0 aliphatic rings. The third kappa shape index (κ3) is 6.59. The maximum atomic E-state index is 12.1. The zero-order valence-electron chi connectivity index (χ0n) is 12.1. The van der Waals surface area contributed by atoms with Crippen LogP contribution in [0.25, 0.3) is 0 Å². The van der Waals surface area contributed by atoms with E-state index in [2.05, 4.69) is 0 Å². The van der Waals surface area contributed by atoms with Crippen molar-refractivity contribution >= 4 is 11.8 Å². The summed E-state index contributed by atoms with van der Waals surface area (Å²) in [6.07, 6.45) is 2.98. The van der Waals surface area contributed by atoms with E-state index >= 15 is 0 Å². The van der Waals surface area contributed by atoms with Gasteiger partial charge in [-0.1, -0.05) is 20.3 Å². The van der Waals surface area contributed by atoms with Crippen LogP contribution in [0.4, 0.5) is 0 Å². The Morgan fingerprint density at radius 1 is 1.11 bits per heavy atom. The fourth-order valence-corrected chi connectivity index (χ4v) is 1.69. The molecule has 5 nitrogen and oxygen atoms in total. The minimum absolute atomic E-state index is 0.0204. The van der Waals surface area contributed by atoms with Crippen molar-refractivity contribution in [2.45, 2.75) is 45.6 Å². The molecule has 0 saturated carbocycles. The Bertz CT molecular complexity index is 267. The van der Waals surface area contributed by atoms with Crippen LogP contribution in [0, 0.1) is 0 Å². The number of hydrogen-bond donors (Lipinski definition) is 1. The minimum Gasteiger partial charge on any atom is -0.347 e. The predicted molar refractivity (Wildman–Crippen MR) is 73.1 cm³/mol. The van der Waals surface area contributed by atoms with Gasteiger partial charge in [-0.15, -0.1) is 0 Å². The molecule has 0 heterocycles. The number of hydrogen-bond acceptors (Lipinski definition) is 3. The Morgan fingerprint density at radius 2 is 1.72 bits per heavy atom. The van der Waals surface area contributed by atoms with Crippen molar-refractivity contribution < 1.29 is 9.59 Å². The number of nitrogens with zero attached hydrogens (tertiary/aromatic N) is 2. The topological polar surface area (TPSA) is 66.6 Å². The van der Waals surface area contributed by atoms with E-state index in [4.69, 9.17) is 5.73 Å². The average Bonchev–Trinajstić information content (AvgIpc) is 2.28. The van der Waals surface area contributed by atoms with Crippen molar-refractivity contribution in [1.82, 2.24) is 9.80 Å². The summed E-state index contributed by atoms with van der Waals surface area (Å²) >= 11 is 0. The fraction of sp³-hybridized carbons (Fsp3) is 0.846. The van der Waals surface area contributed by atoms with E-state index in [9.17, 15) is 9.59 Å². The van der Waals surface area contributed by atoms with Crippen LogP contribution in [0.5, 0.6) is 0 Å². The van der Waals surface area contributed by atoms with Crippen molar-refractivity contribution in [2.75, 3.05) is 27.2 Å². The summed E-state index contributed by atoms with van der Waals surface area (Å²) in [5.74, 6) is -0.0751. The normalized spacial score (nSPS) is 12.1. The van der Waals surface area contributed by atoms with Crippen LogP contribution in [-0.2, 0) is 9.59 Å². The van der Waals surface area contributed by atoms with Gasteiger partial charge in [-0.3, -0.25) is 9.59 Å². The summed E-state index contributed by atoms with van der Waals surface area (Å²) in [7, 11) is 3.39. The van der Waals surface area contributed by atoms with Gasteiger partial charge in [-0.05, 0) is 12.8 Å². The zero-order chi connectivity index (χ0) is 14.1. The number of rotatable bonds is 8. The summed E-state index contributed by atoms with van der Waals surface area (Å²) in [6.45, 7) is 4.80. The lowest BCUT2D eigenvalue weighted by atomic mass is 10.1. The van der Waals surface area contributed by atoms with E-state index in [-0.39, 0.29) is 24.4 Å². The van der Waals surface area contributed by atoms with Gasteiger partial charge in [0.15, 0.2) is 0 Å². The van der Waals surface area contributed by atoms with E-state index < -0.39 is 0 Å². The van der Waals surface area contributed by atoms with Crippen molar-refractivity contribution in [3.63, 3.8) is 0 Å². The molecule has 0 spiro atoms. The first-order chi connectivity index (χ1) is 8.42. The lowest BCUT2D eigenvalue weighted by molar-refractivity contribution is -0.139. The van der Waals surface area contributed by atoms with E-state index in [0.29, 0.717) is 13.0 Å². The van der Waals surface area contributed by atoms with Crippen LogP contribution in [0.3, 0.4) is 0 Å². The average molecular weight is 257 g/mol. The molecule has 2 N–H and O–H groups in total. The molecule has 0 aromatic heterocycles. The van der Waals surface area contributed by atoms with Gasteiger partial charge in [0.2, 0.25) is 11.8 Å². The molecule has 0 aliphatic carbocycles. The van der Waals surface area contributed by atoms with Gasteiger partial charge in [0.05, 0.1) is 6.54 Å². The molecule has 106 valence electrons. The van der Waals surface area contributed by atoms with Crippen LogP contribution in [0.1, 0.15) is 39.5 Å². The molecular formula is C13H27N3O2. The summed E-state index contributed by atoms with van der Waals surface area (Å²) in [6, 6.07) is -0.101. The molecule has 1 unspecified atom stereocenters. The number of likely N-dealkylation sites (N-methyl/N-ethyl adjacent to an activating group) is 1. The van der Waals surface area contributed by atoms with Crippen molar-refractivity contribution in [1.29, 1.82) is 0 Å². The second kappa shape index (κ2) is 8.91. The molecule has 0 aromatic carbocycles. The number of nitrogens with two attached hydrogens (primary N) is 1. The van der Waals surface area contributed by atoms with E-state index in [1.165, 1.54) is 4.90 Å². The molecule has 18 heavy (non-hydrogen) atoms. The van der Waals surface area contributed by atoms with Crippen LogP contribution in [0.2, 0.25) is 0 Å². The molecule has 0 bridgehead atoms. The molecule has 0 rings (SSSR count). The van der Waals surface area contributed by atoms with Gasteiger partial charge in [0, 0.05) is 33.1 Å². The third-order valence-corrected chi connectivity index (χ3v) is 2.77. The van der Waals surface area contributed by atoms with Gasteiger partial charge < -0.3 is 15.5 Å². The molecular weight excluding hydrogens is 230 g/mol. The molecule has 5 heteroatoms. The highest BCUT2D eigenvalue weighted by molar-refractivity contribution is 5.84. The molecule has 0 aromatic rings. The number of carbonyl (C=O) groups is 2. The molecule has 0 aliphatic heterocycles. The predicted octanol–water partition coefficient (Wildman–Crippen LogP) is 0.831. The smallest absolute Gasteiger partial charge is 0.241 e. The molecule has 0 saturated heterocycles. The Morgan fingerprint density at radius 3 is 2.17 bits per heavy atom. The van der Waals surface area contributed by atoms with Gasteiger partial charge in [-0.25, -0.2) is 0 Å². The van der Waals surface area contributed by atoms with E-state index in [1.54, 1.807) is 19.0 Å². The maximum absolute atomic E-state index is 12.1. The lowest BCUT2D eigenvalue weighted by Crippen LogP contribution is -2.42. The van der Waals surface area contributed by atoms with E-state index in [0.717, 1.165) is 19.3 Å². The summed E-state index contributed by atoms with van der Waals surface area (Å²) in [5, 5.41) is 0. The van der Waals surface area contributed by atoms with Crippen molar-refractivity contribution in [2.24, 2.45) is 5.73 Å². The number of carbonyl (C=O) groups excluding carboxylic acids is 2. The maximum Gasteiger partial charge on any atom is 0.241 e. The second-order valence-corrected chi connectivity index (χ2v) is 4.86. The Kier molecular flexibility index (Phi) is 8.37. The van der Waals surface area contributed by atoms with Gasteiger partial charge in [0.1, 0.15) is 0 Å². The van der Waals surface area contributed by atoms with E-state index in [1.807, 2.05) is 13.8 Å². The molecule has 1 atom stereocenters. The lowest BCUT2D eigenvalue weighted by Gasteiger charge is -2.24. The number of amides is 2. The van der Waals surface area contributed by atoms with Crippen LogP contribution >= 0.6 is 0 Å². The van der Waals surface area contributed by atoms with Crippen LogP contribution < -0.4 is 5.73 Å². The van der Waals surface area contributed by atoms with Gasteiger partial charge in [-0.2, -0.15) is 0 Å². The van der Waals surface area contributed by atoms with Crippen LogP contribution in [0.15, 0.2) is 0 Å². The van der Waals surface area contributed by atoms with Gasteiger partial charge in [0.25, 0.3) is 0 Å². The highest BCUT2D eigenvalue weighted by Crippen LogP contribution is 2.04. The largest absolute Gasteiger partial charge is 0.347 e. The minimum atomic E-state index is -0.101. The second-order valence-electron chi connectivity index (χ2n) is 4.86. The standard InChI is InChI=1S/C13H27N3O2/c1-5-7-11(14)9-12(17)16(8-6-2)10-13(18)15(3)4/h11H,5-10,14H2,1-4H3. The van der Waals surface area contributed by atoms with Crippen LogP contribution in [-0.4, -0.2) is 54.8 Å². The quantitative estimate of drug-likeness (QED) is 0.700. The zero-order valence-corrected chi connectivity index (χ0v) is 12.1. The summed E-state index contributed by atoms with van der Waals surface area (Å²) in [5.41, 5.74) is 5.87. The third-order valence-electron chi connectivity index (χ3n) is 2.77. The monoisotopic (exact) mass is 257 g/mol. The molecule has 0 fully saturated rings. The molecule has 2 amide bonds. The first-order valence-electron chi connectivity index (χ1n) is 6.65. The molecule has 0 radical (unpaired) electrons. The summed E-state index contributed by atoms with van der Waals surface area (Å²) < 4.78 is 0. The highest BCUT2D eigenvalue weighted by atomic mass is 16.2. The highest BCUT2D eigenvalue weighted by Gasteiger charge is 2.19. The SMILES string of the molecule is CCCC(N)CC(=O)N(CCC)CC(=O)N(C)C. The first kappa shape index (κ1) is 16.9. The van der Waals surface area contributed by atoms with Gasteiger partial charge >= 0.3 is 0 Å². The fourth-order valence-electron chi connectivity index (χ4n) is 1.69. The Hall–Kier alpha value is -1.10. The summed E-state index contributed by atoms with van der Waals surface area (Å²) in [4.78, 5) is 26.8.